The van der Waals surface area contributed by atoms with Gasteiger partial charge in [0.05, 0.1) is 0 Å². The summed E-state index contributed by atoms with van der Waals surface area (Å²) < 4.78 is 0. The van der Waals surface area contributed by atoms with Gasteiger partial charge in [0.1, 0.15) is 0 Å². The molecule has 0 aromatic carbocycles. The predicted molar refractivity (Wildman–Crippen MR) is 67.6 cm³/mol. The van der Waals surface area contributed by atoms with Crippen molar-refractivity contribution in [3.05, 3.63) is 0 Å². The molecule has 0 aromatic heterocycles. The molecular formula is C15H25Na3O15Zr3. The fourth-order valence-corrected chi connectivity index (χ4v) is 0.241. The Kier molecular flexibility index (Phi) is 137. The first-order valence-electron chi connectivity index (χ1n) is 8.15. The molecule has 0 bridgehead atoms. The molecule has 0 saturated carbocycles. The van der Waals surface area contributed by atoms with E-state index in [2.05, 4.69) is 0 Å². The van der Waals surface area contributed by atoms with Gasteiger partial charge in [-0.1, -0.05) is 0 Å². The zero-order valence-corrected chi connectivity index (χ0v) is 34.0. The van der Waals surface area contributed by atoms with Crippen LogP contribution in [-0.2, 0) is 78.6 Å². The third-order valence-electron chi connectivity index (χ3n) is 1.86. The third-order valence-corrected chi connectivity index (χ3v) is 1.86. The van der Waals surface area contributed by atoms with E-state index in [0.29, 0.717) is 0 Å². The van der Waals surface area contributed by atoms with Crippen molar-refractivity contribution < 1.29 is 244 Å². The molecule has 36 heavy (non-hydrogen) atoms. The molecule has 0 rings (SSSR count). The van der Waals surface area contributed by atoms with Crippen LogP contribution >= 0.6 is 0 Å². The molecule has 0 aliphatic heterocycles. The summed E-state index contributed by atoms with van der Waals surface area (Å²) in [6.45, 7) is -7.88. The Bertz CT molecular complexity index is 214. The predicted octanol–water partition coefficient (Wildman–Crippen LogP) is -26.8. The van der Waals surface area contributed by atoms with E-state index in [1.807, 2.05) is 0 Å². The van der Waals surface area contributed by atoms with Crippen LogP contribution in [0.4, 0.5) is 0 Å². The summed E-state index contributed by atoms with van der Waals surface area (Å²) in [5.74, 6) is 0. The van der Waals surface area contributed by atoms with Crippen LogP contribution in [-0.4, -0.2) is 96.6 Å². The molecule has 0 radical (unpaired) electrons. The quantitative estimate of drug-likeness (QED) is 0.186. The van der Waals surface area contributed by atoms with Gasteiger partial charge in [-0.05, 0) is 0 Å². The molecule has 15 nitrogen and oxygen atoms in total. The molecule has 0 N–H and O–H groups in total. The van der Waals surface area contributed by atoms with Crippen molar-refractivity contribution in [3.63, 3.8) is 0 Å². The van der Waals surface area contributed by atoms with E-state index in [0.717, 1.165) is 0 Å². The minimum Gasteiger partial charge on any atom is -0.855 e. The van der Waals surface area contributed by atoms with Crippen molar-refractivity contribution >= 4 is 0 Å². The normalized spacial score (nSPS) is 8.33. The summed E-state index contributed by atoms with van der Waals surface area (Å²) in [6.07, 6.45) is -7.13. The standard InChI is InChI=1S/5C3H5O3.3Na.3Zr/c5*4-1-3(6)2-5;;;;;;/h5*3H,1-2H2;;;;;;/q5*-3;3*+1;3*+4. The molecule has 0 saturated heterocycles. The smallest absolute Gasteiger partial charge is 0.855 e. The van der Waals surface area contributed by atoms with Crippen LogP contribution in [0.2, 0.25) is 0 Å². The fourth-order valence-electron chi connectivity index (χ4n) is 0.241. The second kappa shape index (κ2) is 67.6. The summed E-state index contributed by atoms with van der Waals surface area (Å²) in [5.41, 5.74) is 0. The summed E-state index contributed by atoms with van der Waals surface area (Å²) in [4.78, 5) is 0. The summed E-state index contributed by atoms with van der Waals surface area (Å²) >= 11 is 0. The SMILES string of the molecule is [Na+].[Na+].[Na+].[O-]CC([O-])C[O-].[O-]CC([O-])C[O-].[O-]CC([O-])C[O-].[O-]CC([O-])C[O-].[O-]CC([O-])C[O-].[Zr+4].[Zr+4].[Zr+4]. The van der Waals surface area contributed by atoms with Gasteiger partial charge < -0.3 is 76.6 Å². The van der Waals surface area contributed by atoms with Crippen LogP contribution in [0, 0.1) is 0 Å². The zero-order valence-electron chi connectivity index (χ0n) is 20.6. The average molecular weight is 788 g/mol. The maximum absolute atomic E-state index is 9.64. The van der Waals surface area contributed by atoms with Gasteiger partial charge in [0.25, 0.3) is 0 Å². The van der Waals surface area contributed by atoms with Gasteiger partial charge in [-0.2, -0.15) is 96.6 Å². The van der Waals surface area contributed by atoms with Crippen molar-refractivity contribution in [2.75, 3.05) is 66.1 Å². The number of hydrogen-bond acceptors (Lipinski definition) is 15. The van der Waals surface area contributed by atoms with E-state index >= 15 is 0 Å². The van der Waals surface area contributed by atoms with Crippen molar-refractivity contribution in [1.29, 1.82) is 0 Å². The van der Waals surface area contributed by atoms with E-state index in [1.165, 1.54) is 0 Å². The molecule has 0 fully saturated rings. The van der Waals surface area contributed by atoms with Crippen LogP contribution in [0.25, 0.3) is 0 Å². The van der Waals surface area contributed by atoms with Crippen molar-refractivity contribution in [2.45, 2.75) is 30.5 Å². The van der Waals surface area contributed by atoms with Crippen LogP contribution in [0.5, 0.6) is 0 Å². The molecular weight excluding hydrogens is 763 g/mol. The maximum atomic E-state index is 9.64. The van der Waals surface area contributed by atoms with E-state index in [1.54, 1.807) is 0 Å². The minimum absolute atomic E-state index is 0. The average Bonchev–Trinajstić information content (AvgIpc) is 2.82. The van der Waals surface area contributed by atoms with E-state index in [9.17, 15) is 76.6 Å². The Morgan fingerprint density at radius 2 is 0.306 bits per heavy atom. The Labute approximate surface area is 335 Å². The second-order valence-corrected chi connectivity index (χ2v) is 4.78. The monoisotopic (exact) mass is 784 g/mol. The molecule has 0 aromatic rings. The molecule has 190 valence electrons. The maximum Gasteiger partial charge on any atom is 4.00 e. The molecule has 0 amide bonds. The van der Waals surface area contributed by atoms with Crippen LogP contribution < -0.4 is 165 Å². The summed E-state index contributed by atoms with van der Waals surface area (Å²) in [6, 6.07) is 0. The molecule has 0 unspecified atom stereocenters. The fraction of sp³-hybridized carbons (Fsp3) is 1.00. The second-order valence-electron chi connectivity index (χ2n) is 4.78. The minimum atomic E-state index is -1.43. The third kappa shape index (κ3) is 90.1. The molecule has 0 atom stereocenters. The first-order valence-corrected chi connectivity index (χ1v) is 8.15. The summed E-state index contributed by atoms with van der Waals surface area (Å²) in [7, 11) is 0. The van der Waals surface area contributed by atoms with Crippen LogP contribution in [0.15, 0.2) is 0 Å². The van der Waals surface area contributed by atoms with E-state index < -0.39 is 96.6 Å². The Balaban J connectivity index is -0.0000000231. The van der Waals surface area contributed by atoms with Gasteiger partial charge in [-0.15, -0.1) is 0 Å². The van der Waals surface area contributed by atoms with Gasteiger partial charge in [0, 0.05) is 0 Å². The van der Waals surface area contributed by atoms with Crippen molar-refractivity contribution in [2.24, 2.45) is 0 Å². The molecule has 0 aliphatic rings. The molecule has 21 heteroatoms. The summed E-state index contributed by atoms with van der Waals surface area (Å²) in [5, 5.41) is 142. The molecule has 0 aliphatic carbocycles. The van der Waals surface area contributed by atoms with Crippen molar-refractivity contribution in [3.8, 4) is 0 Å². The topological polar surface area (TPSA) is 346 Å². The number of rotatable bonds is 10. The van der Waals surface area contributed by atoms with Gasteiger partial charge in [-0.3, -0.25) is 0 Å². The number of hydrogen-bond donors (Lipinski definition) is 0. The van der Waals surface area contributed by atoms with Gasteiger partial charge >= 0.3 is 167 Å². The first kappa shape index (κ1) is 72.9. The first-order chi connectivity index (χ1) is 14.0. The van der Waals surface area contributed by atoms with Gasteiger partial charge in [0.2, 0.25) is 0 Å². The zero-order chi connectivity index (χ0) is 25.0. The Morgan fingerprint density at radius 3 is 0.306 bits per heavy atom. The van der Waals surface area contributed by atoms with Crippen molar-refractivity contribution in [1.82, 2.24) is 0 Å². The van der Waals surface area contributed by atoms with Gasteiger partial charge in [0.15, 0.2) is 0 Å². The Hall–Kier alpha value is 5.05. The van der Waals surface area contributed by atoms with E-state index in [-0.39, 0.29) is 167 Å². The molecule has 0 heterocycles. The largest absolute Gasteiger partial charge is 4.00 e. The van der Waals surface area contributed by atoms with Crippen LogP contribution in [0.1, 0.15) is 0 Å². The Morgan fingerprint density at radius 1 is 0.250 bits per heavy atom. The van der Waals surface area contributed by atoms with Crippen LogP contribution in [0.3, 0.4) is 0 Å². The van der Waals surface area contributed by atoms with Gasteiger partial charge in [-0.25, -0.2) is 0 Å². The molecule has 0 spiro atoms. The van der Waals surface area contributed by atoms with E-state index in [4.69, 9.17) is 0 Å².